The highest BCUT2D eigenvalue weighted by atomic mass is 19.1. The van der Waals surface area contributed by atoms with Gasteiger partial charge in [-0.3, -0.25) is 9.78 Å². The maximum absolute atomic E-state index is 13.7. The molecule has 164 valence electrons. The van der Waals surface area contributed by atoms with Crippen LogP contribution in [-0.2, 0) is 4.79 Å². The minimum absolute atomic E-state index is 0.142. The van der Waals surface area contributed by atoms with Gasteiger partial charge in [-0.25, -0.2) is 14.4 Å². The predicted molar refractivity (Wildman–Crippen MR) is 121 cm³/mol. The second-order valence-electron chi connectivity index (χ2n) is 8.54. The van der Waals surface area contributed by atoms with Crippen LogP contribution in [0.5, 0.6) is 0 Å². The van der Waals surface area contributed by atoms with Crippen molar-refractivity contribution in [3.63, 3.8) is 0 Å². The van der Waals surface area contributed by atoms with Crippen LogP contribution >= 0.6 is 0 Å². The van der Waals surface area contributed by atoms with E-state index in [0.29, 0.717) is 17.3 Å². The van der Waals surface area contributed by atoms with E-state index >= 15 is 0 Å². The van der Waals surface area contributed by atoms with Crippen LogP contribution in [0, 0.1) is 11.7 Å². The van der Waals surface area contributed by atoms with E-state index in [1.165, 1.54) is 12.1 Å². The van der Waals surface area contributed by atoms with Gasteiger partial charge < -0.3 is 10.2 Å². The SMILES string of the molecule is O=C(C1CCC1)N1CCCC[C@@H]1c1nc(Nc2cccc(F)c2)cc(-c2ccncc2)n1. The van der Waals surface area contributed by atoms with Crippen molar-refractivity contribution in [1.82, 2.24) is 19.9 Å². The minimum Gasteiger partial charge on any atom is -0.340 e. The Hall–Kier alpha value is -3.35. The number of carbonyl (C=O) groups is 1. The summed E-state index contributed by atoms with van der Waals surface area (Å²) >= 11 is 0. The molecule has 2 fully saturated rings. The first-order valence-corrected chi connectivity index (χ1v) is 11.3. The van der Waals surface area contributed by atoms with E-state index < -0.39 is 0 Å². The van der Waals surface area contributed by atoms with Crippen molar-refractivity contribution in [3.05, 3.63) is 66.5 Å². The van der Waals surface area contributed by atoms with Crippen molar-refractivity contribution in [1.29, 1.82) is 0 Å². The molecular weight excluding hydrogens is 405 g/mol. The summed E-state index contributed by atoms with van der Waals surface area (Å²) in [6.07, 6.45) is 9.43. The standard InChI is InChI=1S/C25H26FN5O/c26-19-7-4-8-20(15-19)28-23-16-21(17-10-12-27-13-11-17)29-24(30-23)22-9-1-2-14-31(22)25(32)18-5-3-6-18/h4,7-8,10-13,15-16,18,22H,1-3,5-6,9,14H2,(H,28,29,30)/t22-/m1/s1. The van der Waals surface area contributed by atoms with Gasteiger partial charge in [-0.05, 0) is 62.4 Å². The summed E-state index contributed by atoms with van der Waals surface area (Å²) in [7, 11) is 0. The van der Waals surface area contributed by atoms with E-state index in [9.17, 15) is 9.18 Å². The molecule has 3 heterocycles. The molecule has 0 unspecified atom stereocenters. The van der Waals surface area contributed by atoms with Gasteiger partial charge in [0.25, 0.3) is 0 Å². The number of piperidine rings is 1. The van der Waals surface area contributed by atoms with Crippen molar-refractivity contribution in [2.75, 3.05) is 11.9 Å². The Labute approximate surface area is 186 Å². The Morgan fingerprint density at radius 1 is 1.00 bits per heavy atom. The van der Waals surface area contributed by atoms with Gasteiger partial charge in [0.2, 0.25) is 5.91 Å². The van der Waals surface area contributed by atoms with Crippen molar-refractivity contribution in [2.45, 2.75) is 44.6 Å². The molecule has 0 spiro atoms. The van der Waals surface area contributed by atoms with Crippen LogP contribution in [0.2, 0.25) is 0 Å². The molecule has 1 N–H and O–H groups in total. The van der Waals surface area contributed by atoms with Crippen molar-refractivity contribution >= 4 is 17.4 Å². The Kier molecular flexibility index (Phi) is 5.79. The van der Waals surface area contributed by atoms with Gasteiger partial charge in [-0.15, -0.1) is 0 Å². The number of halogens is 1. The lowest BCUT2D eigenvalue weighted by molar-refractivity contribution is -0.142. The number of nitrogens with zero attached hydrogens (tertiary/aromatic N) is 4. The van der Waals surface area contributed by atoms with Gasteiger partial charge in [0.05, 0.1) is 11.7 Å². The summed E-state index contributed by atoms with van der Waals surface area (Å²) < 4.78 is 13.7. The van der Waals surface area contributed by atoms with Crippen LogP contribution in [-0.4, -0.2) is 32.3 Å². The van der Waals surface area contributed by atoms with E-state index in [1.54, 1.807) is 24.5 Å². The fourth-order valence-corrected chi connectivity index (χ4v) is 4.42. The van der Waals surface area contributed by atoms with Gasteiger partial charge in [0.15, 0.2) is 5.82 Å². The van der Waals surface area contributed by atoms with Gasteiger partial charge in [0, 0.05) is 42.2 Å². The average molecular weight is 432 g/mol. The van der Waals surface area contributed by atoms with Crippen LogP contribution < -0.4 is 5.32 Å². The van der Waals surface area contributed by atoms with Crippen molar-refractivity contribution in [3.8, 4) is 11.3 Å². The van der Waals surface area contributed by atoms with Crippen LogP contribution in [0.25, 0.3) is 11.3 Å². The number of likely N-dealkylation sites (tertiary alicyclic amines) is 1. The molecule has 1 saturated carbocycles. The van der Waals surface area contributed by atoms with Crippen LogP contribution in [0.4, 0.5) is 15.9 Å². The number of carbonyl (C=O) groups excluding carboxylic acids is 1. The quantitative estimate of drug-likeness (QED) is 0.595. The fourth-order valence-electron chi connectivity index (χ4n) is 4.42. The second kappa shape index (κ2) is 9.02. The first-order valence-electron chi connectivity index (χ1n) is 11.3. The third-order valence-electron chi connectivity index (χ3n) is 6.35. The molecule has 1 saturated heterocycles. The second-order valence-corrected chi connectivity index (χ2v) is 8.54. The largest absolute Gasteiger partial charge is 0.340 e. The lowest BCUT2D eigenvalue weighted by Gasteiger charge is -2.39. The van der Waals surface area contributed by atoms with Gasteiger partial charge >= 0.3 is 0 Å². The highest BCUT2D eigenvalue weighted by Gasteiger charge is 2.36. The number of anilines is 2. The molecule has 1 atom stereocenters. The maximum atomic E-state index is 13.7. The molecule has 3 aromatic rings. The summed E-state index contributed by atoms with van der Waals surface area (Å²) in [5, 5.41) is 3.21. The molecule has 32 heavy (non-hydrogen) atoms. The smallest absolute Gasteiger partial charge is 0.226 e. The van der Waals surface area contributed by atoms with E-state index in [0.717, 1.165) is 56.3 Å². The first-order chi connectivity index (χ1) is 15.7. The minimum atomic E-state index is -0.316. The first kappa shape index (κ1) is 20.5. The average Bonchev–Trinajstić information content (AvgIpc) is 2.78. The molecule has 7 heteroatoms. The number of hydrogen-bond donors (Lipinski definition) is 1. The molecule has 0 bridgehead atoms. The van der Waals surface area contributed by atoms with E-state index in [1.807, 2.05) is 23.1 Å². The lowest BCUT2D eigenvalue weighted by atomic mass is 9.83. The zero-order chi connectivity index (χ0) is 21.9. The zero-order valence-corrected chi connectivity index (χ0v) is 17.9. The van der Waals surface area contributed by atoms with Gasteiger partial charge in [-0.1, -0.05) is 12.5 Å². The predicted octanol–water partition coefficient (Wildman–Crippen LogP) is 5.28. The number of nitrogens with one attached hydrogen (secondary N) is 1. The molecule has 1 amide bonds. The number of rotatable bonds is 5. The summed E-state index contributed by atoms with van der Waals surface area (Å²) in [6, 6.07) is 11.8. The maximum Gasteiger partial charge on any atom is 0.226 e. The lowest BCUT2D eigenvalue weighted by Crippen LogP contribution is -2.44. The zero-order valence-electron chi connectivity index (χ0n) is 17.9. The molecule has 1 aliphatic carbocycles. The molecule has 2 aliphatic rings. The molecule has 2 aromatic heterocycles. The topological polar surface area (TPSA) is 71.0 Å². The molecule has 0 radical (unpaired) electrons. The van der Waals surface area contributed by atoms with Crippen LogP contribution in [0.1, 0.15) is 50.4 Å². The Morgan fingerprint density at radius 2 is 1.84 bits per heavy atom. The Balaban J connectivity index is 1.53. The van der Waals surface area contributed by atoms with E-state index in [-0.39, 0.29) is 23.7 Å². The summed E-state index contributed by atoms with van der Waals surface area (Å²) in [4.78, 5) is 28.9. The number of benzene rings is 1. The molecule has 1 aromatic carbocycles. The Morgan fingerprint density at radius 3 is 2.59 bits per heavy atom. The highest BCUT2D eigenvalue weighted by Crippen LogP contribution is 2.36. The highest BCUT2D eigenvalue weighted by molar-refractivity contribution is 5.80. The van der Waals surface area contributed by atoms with Crippen molar-refractivity contribution < 1.29 is 9.18 Å². The van der Waals surface area contributed by atoms with Crippen LogP contribution in [0.3, 0.4) is 0 Å². The van der Waals surface area contributed by atoms with Gasteiger partial charge in [-0.2, -0.15) is 0 Å². The summed E-state index contributed by atoms with van der Waals surface area (Å²) in [6.45, 7) is 0.746. The number of pyridine rings is 1. The third-order valence-corrected chi connectivity index (χ3v) is 6.35. The van der Waals surface area contributed by atoms with Crippen LogP contribution in [0.15, 0.2) is 54.9 Å². The van der Waals surface area contributed by atoms with Gasteiger partial charge in [0.1, 0.15) is 11.6 Å². The Bertz CT molecular complexity index is 1100. The van der Waals surface area contributed by atoms with E-state index in [2.05, 4.69) is 10.3 Å². The monoisotopic (exact) mass is 431 g/mol. The van der Waals surface area contributed by atoms with Crippen molar-refractivity contribution in [2.24, 2.45) is 5.92 Å². The molecular formula is C25H26FN5O. The normalized spacial score (nSPS) is 18.8. The summed E-state index contributed by atoms with van der Waals surface area (Å²) in [5.74, 6) is 1.27. The number of amides is 1. The summed E-state index contributed by atoms with van der Waals surface area (Å²) in [5.41, 5.74) is 2.28. The molecule has 1 aliphatic heterocycles. The fraction of sp³-hybridized carbons (Fsp3) is 0.360. The van der Waals surface area contributed by atoms with E-state index in [4.69, 9.17) is 9.97 Å². The molecule has 5 rings (SSSR count). The third kappa shape index (κ3) is 4.33. The number of hydrogen-bond acceptors (Lipinski definition) is 5. The molecule has 6 nitrogen and oxygen atoms in total. The number of aromatic nitrogens is 3.